The summed E-state index contributed by atoms with van der Waals surface area (Å²) in [5.41, 5.74) is 1.41. The Hall–Kier alpha value is -0.860. The van der Waals surface area contributed by atoms with Crippen molar-refractivity contribution in [2.24, 2.45) is 5.92 Å². The van der Waals surface area contributed by atoms with Crippen LogP contribution in [0.25, 0.3) is 0 Å². The summed E-state index contributed by atoms with van der Waals surface area (Å²) in [5.74, 6) is 0.852. The predicted octanol–water partition coefficient (Wildman–Crippen LogP) is 3.07. The van der Waals surface area contributed by atoms with Gasteiger partial charge in [-0.3, -0.25) is 4.90 Å². The highest BCUT2D eigenvalue weighted by atomic mass is 15.2. The number of likely N-dealkylation sites (N-methyl/N-ethyl adjacent to an activating group) is 1. The molecule has 100 valence electrons. The van der Waals surface area contributed by atoms with Crippen molar-refractivity contribution in [3.63, 3.8) is 0 Å². The largest absolute Gasteiger partial charge is 0.309 e. The zero-order valence-corrected chi connectivity index (χ0v) is 11.9. The van der Waals surface area contributed by atoms with Gasteiger partial charge in [0.2, 0.25) is 0 Å². The number of hydrogen-bond acceptors (Lipinski definition) is 2. The second-order valence-corrected chi connectivity index (χ2v) is 5.58. The van der Waals surface area contributed by atoms with Gasteiger partial charge in [0.05, 0.1) is 0 Å². The fourth-order valence-electron chi connectivity index (χ4n) is 3.00. The third-order valence-electron chi connectivity index (χ3n) is 4.10. The first-order valence-electron chi connectivity index (χ1n) is 7.24. The van der Waals surface area contributed by atoms with E-state index in [2.05, 4.69) is 61.3 Å². The average Bonchev–Trinajstić information content (AvgIpc) is 2.83. The zero-order chi connectivity index (χ0) is 13.0. The van der Waals surface area contributed by atoms with E-state index < -0.39 is 0 Å². The second kappa shape index (κ2) is 6.35. The van der Waals surface area contributed by atoms with Crippen molar-refractivity contribution < 1.29 is 0 Å². The van der Waals surface area contributed by atoms with Crippen LogP contribution in [0.2, 0.25) is 0 Å². The van der Waals surface area contributed by atoms with Gasteiger partial charge in [-0.05, 0) is 37.9 Å². The van der Waals surface area contributed by atoms with Crippen LogP contribution < -0.4 is 5.32 Å². The first-order chi connectivity index (χ1) is 8.72. The molecule has 0 bridgehead atoms. The molecule has 0 aliphatic carbocycles. The summed E-state index contributed by atoms with van der Waals surface area (Å²) in [7, 11) is 0. The van der Waals surface area contributed by atoms with Crippen molar-refractivity contribution in [2.75, 3.05) is 19.6 Å². The molecule has 2 nitrogen and oxygen atoms in total. The molecule has 18 heavy (non-hydrogen) atoms. The minimum absolute atomic E-state index is 0.446. The number of nitrogens with zero attached hydrogens (tertiary/aromatic N) is 1. The van der Waals surface area contributed by atoms with Crippen LogP contribution in [0, 0.1) is 5.92 Å². The van der Waals surface area contributed by atoms with Gasteiger partial charge in [-0.1, -0.05) is 44.2 Å². The Morgan fingerprint density at radius 2 is 2.06 bits per heavy atom. The molecule has 1 fully saturated rings. The molecule has 0 spiro atoms. The summed E-state index contributed by atoms with van der Waals surface area (Å²) in [6.45, 7) is 10.4. The van der Waals surface area contributed by atoms with Gasteiger partial charge >= 0.3 is 0 Å². The molecule has 0 radical (unpaired) electrons. The molecule has 1 N–H and O–H groups in total. The average molecular weight is 246 g/mol. The lowest BCUT2D eigenvalue weighted by molar-refractivity contribution is 0.202. The van der Waals surface area contributed by atoms with Crippen molar-refractivity contribution in [1.82, 2.24) is 10.2 Å². The normalized spacial score (nSPS) is 24.1. The molecule has 0 saturated carbocycles. The first-order valence-corrected chi connectivity index (χ1v) is 7.24. The fourth-order valence-corrected chi connectivity index (χ4v) is 3.00. The number of nitrogens with one attached hydrogen (secondary N) is 1. The Balaban J connectivity index is 2.10. The summed E-state index contributed by atoms with van der Waals surface area (Å²) >= 11 is 0. The van der Waals surface area contributed by atoms with Crippen LogP contribution in [-0.2, 0) is 0 Å². The highest BCUT2D eigenvalue weighted by Gasteiger charge is 2.28. The van der Waals surface area contributed by atoms with Crippen molar-refractivity contribution in [2.45, 2.75) is 39.3 Å². The Bertz CT molecular complexity index is 349. The van der Waals surface area contributed by atoms with Crippen molar-refractivity contribution in [1.29, 1.82) is 0 Å². The van der Waals surface area contributed by atoms with E-state index in [0.29, 0.717) is 12.1 Å². The highest BCUT2D eigenvalue weighted by Crippen LogP contribution is 2.26. The maximum Gasteiger partial charge on any atom is 0.0475 e. The van der Waals surface area contributed by atoms with Crippen LogP contribution in [-0.4, -0.2) is 30.6 Å². The van der Waals surface area contributed by atoms with E-state index in [9.17, 15) is 0 Å². The van der Waals surface area contributed by atoms with Crippen LogP contribution in [0.4, 0.5) is 0 Å². The summed E-state index contributed by atoms with van der Waals surface area (Å²) < 4.78 is 0. The highest BCUT2D eigenvalue weighted by molar-refractivity contribution is 5.20. The maximum absolute atomic E-state index is 3.65. The van der Waals surface area contributed by atoms with E-state index in [1.165, 1.54) is 25.1 Å². The monoisotopic (exact) mass is 246 g/mol. The molecule has 1 saturated heterocycles. The minimum atomic E-state index is 0.446. The lowest BCUT2D eigenvalue weighted by Gasteiger charge is -2.32. The van der Waals surface area contributed by atoms with Gasteiger partial charge in [0, 0.05) is 18.6 Å². The maximum atomic E-state index is 3.65. The number of hydrogen-bond donors (Lipinski definition) is 1. The number of benzene rings is 1. The van der Waals surface area contributed by atoms with Crippen LogP contribution in [0.15, 0.2) is 30.3 Å². The molecule has 0 aromatic heterocycles. The van der Waals surface area contributed by atoms with Gasteiger partial charge in [0.15, 0.2) is 0 Å². The van der Waals surface area contributed by atoms with E-state index in [0.717, 1.165) is 12.5 Å². The molecular weight excluding hydrogens is 220 g/mol. The van der Waals surface area contributed by atoms with Crippen LogP contribution in [0.5, 0.6) is 0 Å². The summed E-state index contributed by atoms with van der Waals surface area (Å²) in [4.78, 5) is 2.63. The summed E-state index contributed by atoms with van der Waals surface area (Å²) in [6.07, 6.45) is 1.35. The van der Waals surface area contributed by atoms with Crippen LogP contribution in [0.1, 0.15) is 38.8 Å². The molecular formula is C16H26N2. The molecule has 1 aromatic rings. The van der Waals surface area contributed by atoms with Crippen molar-refractivity contribution >= 4 is 0 Å². The standard InChI is InChI=1S/C16H26N2/c1-4-17-16(15-8-6-5-7-9-15)14(3)18-11-10-13(2)12-18/h5-9,13-14,16-17H,4,10-12H2,1-3H3. The molecule has 2 rings (SSSR count). The molecule has 2 heteroatoms. The third kappa shape index (κ3) is 3.12. The molecule has 1 aliphatic heterocycles. The van der Waals surface area contributed by atoms with Crippen LogP contribution in [0.3, 0.4) is 0 Å². The van der Waals surface area contributed by atoms with E-state index in [-0.39, 0.29) is 0 Å². The van der Waals surface area contributed by atoms with Crippen molar-refractivity contribution in [3.05, 3.63) is 35.9 Å². The molecule has 0 amide bonds. The lowest BCUT2D eigenvalue weighted by atomic mass is 9.99. The second-order valence-electron chi connectivity index (χ2n) is 5.58. The Morgan fingerprint density at radius 1 is 1.33 bits per heavy atom. The van der Waals surface area contributed by atoms with Gasteiger partial charge in [-0.25, -0.2) is 0 Å². The zero-order valence-electron chi connectivity index (χ0n) is 11.9. The third-order valence-corrected chi connectivity index (χ3v) is 4.10. The van der Waals surface area contributed by atoms with Gasteiger partial charge in [-0.15, -0.1) is 0 Å². The van der Waals surface area contributed by atoms with Gasteiger partial charge in [0.1, 0.15) is 0 Å². The smallest absolute Gasteiger partial charge is 0.0475 e. The SMILES string of the molecule is CCNC(c1ccccc1)C(C)N1CCC(C)C1. The molecule has 1 heterocycles. The van der Waals surface area contributed by atoms with Gasteiger partial charge in [-0.2, -0.15) is 0 Å². The number of rotatable bonds is 5. The van der Waals surface area contributed by atoms with E-state index in [4.69, 9.17) is 0 Å². The topological polar surface area (TPSA) is 15.3 Å². The Morgan fingerprint density at radius 3 is 2.61 bits per heavy atom. The molecule has 1 aliphatic rings. The van der Waals surface area contributed by atoms with Gasteiger partial charge < -0.3 is 5.32 Å². The number of likely N-dealkylation sites (tertiary alicyclic amines) is 1. The van der Waals surface area contributed by atoms with Crippen LogP contribution >= 0.6 is 0 Å². The van der Waals surface area contributed by atoms with E-state index in [1.807, 2.05) is 0 Å². The van der Waals surface area contributed by atoms with E-state index >= 15 is 0 Å². The van der Waals surface area contributed by atoms with Crippen molar-refractivity contribution in [3.8, 4) is 0 Å². The lowest BCUT2D eigenvalue weighted by Crippen LogP contribution is -2.41. The van der Waals surface area contributed by atoms with E-state index in [1.54, 1.807) is 0 Å². The predicted molar refractivity (Wildman–Crippen MR) is 77.7 cm³/mol. The quantitative estimate of drug-likeness (QED) is 0.859. The molecule has 1 aromatic carbocycles. The van der Waals surface area contributed by atoms with Gasteiger partial charge in [0.25, 0.3) is 0 Å². The molecule has 3 unspecified atom stereocenters. The first kappa shape index (κ1) is 13.6. The minimum Gasteiger partial charge on any atom is -0.309 e. The summed E-state index contributed by atoms with van der Waals surface area (Å²) in [5, 5.41) is 3.65. The fraction of sp³-hybridized carbons (Fsp3) is 0.625. The molecule has 3 atom stereocenters. The Labute approximate surface area is 111 Å². The summed E-state index contributed by atoms with van der Waals surface area (Å²) in [6, 6.07) is 11.9. The Kier molecular flexibility index (Phi) is 4.79.